The molecule has 44 heavy (non-hydrogen) atoms. The van der Waals surface area contributed by atoms with Crippen LogP contribution in [-0.2, 0) is 11.2 Å². The minimum atomic E-state index is -0.775. The Morgan fingerprint density at radius 3 is 2.43 bits per heavy atom. The number of halogens is 1. The number of carbonyl (C=O) groups excluding carboxylic acids is 2. The Morgan fingerprint density at radius 2 is 1.73 bits per heavy atom. The van der Waals surface area contributed by atoms with Crippen molar-refractivity contribution in [1.29, 1.82) is 0 Å². The molecule has 0 aliphatic carbocycles. The maximum absolute atomic E-state index is 13.9. The first-order chi connectivity index (χ1) is 21.3. The number of rotatable bonds is 6. The lowest BCUT2D eigenvalue weighted by Gasteiger charge is -2.38. The summed E-state index contributed by atoms with van der Waals surface area (Å²) in [5, 5.41) is 3.47. The molecular formula is C32H37ClN8O3. The van der Waals surface area contributed by atoms with Crippen LogP contribution in [0.25, 0.3) is 11.0 Å². The summed E-state index contributed by atoms with van der Waals surface area (Å²) in [7, 11) is 0. The van der Waals surface area contributed by atoms with Crippen molar-refractivity contribution >= 4 is 45.9 Å². The maximum atomic E-state index is 13.9. The average Bonchev–Trinajstić information content (AvgIpc) is 3.39. The second-order valence-electron chi connectivity index (χ2n) is 11.6. The number of amides is 3. The van der Waals surface area contributed by atoms with Gasteiger partial charge in [-0.05, 0) is 61.2 Å². The van der Waals surface area contributed by atoms with Crippen LogP contribution in [0.4, 0.5) is 16.2 Å². The molecule has 0 spiro atoms. The molecule has 230 valence electrons. The van der Waals surface area contributed by atoms with Gasteiger partial charge in [0.05, 0.1) is 21.7 Å². The van der Waals surface area contributed by atoms with Crippen LogP contribution in [0, 0.1) is 6.92 Å². The highest BCUT2D eigenvalue weighted by molar-refractivity contribution is 6.33. The van der Waals surface area contributed by atoms with Gasteiger partial charge < -0.3 is 30.7 Å². The summed E-state index contributed by atoms with van der Waals surface area (Å²) in [6, 6.07) is 14.2. The fourth-order valence-electron chi connectivity index (χ4n) is 6.34. The molecule has 12 heteroatoms. The number of aryl methyl sites for hydroxylation is 1. The van der Waals surface area contributed by atoms with Crippen molar-refractivity contribution in [3.05, 3.63) is 87.6 Å². The summed E-state index contributed by atoms with van der Waals surface area (Å²) in [5.74, 6) is -0.126. The van der Waals surface area contributed by atoms with E-state index in [9.17, 15) is 14.4 Å². The quantitative estimate of drug-likeness (QED) is 0.284. The molecule has 2 saturated heterocycles. The number of H-pyrrole nitrogens is 1. The summed E-state index contributed by atoms with van der Waals surface area (Å²) in [6.45, 7) is 5.27. The third-order valence-electron chi connectivity index (χ3n) is 8.79. The number of likely N-dealkylation sites (tertiary alicyclic amines) is 1. The molecule has 6 rings (SSSR count). The number of aromatic amines is 1. The predicted molar refractivity (Wildman–Crippen MR) is 172 cm³/mol. The van der Waals surface area contributed by atoms with E-state index in [2.05, 4.69) is 20.2 Å². The molecule has 11 nitrogen and oxygen atoms in total. The van der Waals surface area contributed by atoms with E-state index in [0.29, 0.717) is 62.8 Å². The number of imidazole rings is 1. The summed E-state index contributed by atoms with van der Waals surface area (Å²) in [6.07, 6.45) is 5.09. The molecule has 2 aromatic heterocycles. The zero-order valence-corrected chi connectivity index (χ0v) is 25.5. The number of nitrogen functional groups attached to an aromatic ring is 1. The average molecular weight is 617 g/mol. The number of piperidine rings is 1. The van der Waals surface area contributed by atoms with Gasteiger partial charge in [-0.2, -0.15) is 0 Å². The number of pyridine rings is 1. The third kappa shape index (κ3) is 6.10. The number of aromatic nitrogens is 3. The topological polar surface area (TPSA) is 133 Å². The highest BCUT2D eigenvalue weighted by Gasteiger charge is 2.32. The first-order valence-electron chi connectivity index (χ1n) is 15.0. The molecule has 4 aromatic rings. The van der Waals surface area contributed by atoms with E-state index in [-0.39, 0.29) is 30.1 Å². The van der Waals surface area contributed by atoms with Crippen LogP contribution in [0.3, 0.4) is 0 Å². The SMILES string of the molecule is Cc1cc(C[C@@H](NC(=O)N2CCC(n3c(=O)[nH]c4ccccc43)CC2)C(=O)N2CCN(c3ccncc3)CC2)cc(Cl)c1N. The Kier molecular flexibility index (Phi) is 8.47. The lowest BCUT2D eigenvalue weighted by Crippen LogP contribution is -2.57. The van der Waals surface area contributed by atoms with Gasteiger partial charge in [-0.25, -0.2) is 9.59 Å². The fraction of sp³-hybridized carbons (Fsp3) is 0.375. The van der Waals surface area contributed by atoms with E-state index in [1.54, 1.807) is 27.9 Å². The Balaban J connectivity index is 1.14. The number of anilines is 2. The van der Waals surface area contributed by atoms with Gasteiger partial charge in [0.2, 0.25) is 5.91 Å². The predicted octanol–water partition coefficient (Wildman–Crippen LogP) is 3.58. The van der Waals surface area contributed by atoms with E-state index >= 15 is 0 Å². The summed E-state index contributed by atoms with van der Waals surface area (Å²) in [4.78, 5) is 53.0. The van der Waals surface area contributed by atoms with Crippen molar-refractivity contribution in [2.75, 3.05) is 49.9 Å². The molecule has 0 radical (unpaired) electrons. The van der Waals surface area contributed by atoms with Crippen LogP contribution in [0.15, 0.2) is 65.7 Å². The van der Waals surface area contributed by atoms with Gasteiger partial charge in [0.15, 0.2) is 0 Å². The third-order valence-corrected chi connectivity index (χ3v) is 9.10. The lowest BCUT2D eigenvalue weighted by atomic mass is 10.0. The second kappa shape index (κ2) is 12.6. The number of piperazine rings is 1. The van der Waals surface area contributed by atoms with E-state index in [4.69, 9.17) is 17.3 Å². The first kappa shape index (κ1) is 29.6. The number of hydrogen-bond acceptors (Lipinski definition) is 6. The molecule has 3 amide bonds. The smallest absolute Gasteiger partial charge is 0.326 e. The van der Waals surface area contributed by atoms with Crippen LogP contribution in [-0.4, -0.2) is 81.6 Å². The molecule has 2 aromatic carbocycles. The number of nitrogens with zero attached hydrogens (tertiary/aromatic N) is 5. The number of carbonyl (C=O) groups is 2. The molecular weight excluding hydrogens is 580 g/mol. The Labute approximate surface area is 260 Å². The number of benzene rings is 2. The van der Waals surface area contributed by atoms with Gasteiger partial charge in [0, 0.05) is 69.8 Å². The Morgan fingerprint density at radius 1 is 1.02 bits per heavy atom. The molecule has 0 unspecified atom stereocenters. The van der Waals surface area contributed by atoms with E-state index < -0.39 is 6.04 Å². The normalized spacial score (nSPS) is 16.7. The number of hydrogen-bond donors (Lipinski definition) is 3. The summed E-state index contributed by atoms with van der Waals surface area (Å²) < 4.78 is 1.80. The zero-order chi connectivity index (χ0) is 30.8. The van der Waals surface area contributed by atoms with Crippen LogP contribution < -0.4 is 21.6 Å². The van der Waals surface area contributed by atoms with Gasteiger partial charge in [-0.3, -0.25) is 14.3 Å². The van der Waals surface area contributed by atoms with Crippen molar-refractivity contribution in [2.45, 2.75) is 38.3 Å². The number of nitrogens with two attached hydrogens (primary N) is 1. The van der Waals surface area contributed by atoms with Crippen LogP contribution in [0.5, 0.6) is 0 Å². The maximum Gasteiger partial charge on any atom is 0.326 e. The van der Waals surface area contributed by atoms with Crippen LogP contribution in [0.1, 0.15) is 30.0 Å². The minimum Gasteiger partial charge on any atom is -0.397 e. The minimum absolute atomic E-state index is 0.0169. The molecule has 2 aliphatic heterocycles. The van der Waals surface area contributed by atoms with Crippen molar-refractivity contribution in [2.24, 2.45) is 0 Å². The number of para-hydroxylation sites is 2. The van der Waals surface area contributed by atoms with Gasteiger partial charge in [0.1, 0.15) is 6.04 Å². The standard InChI is InChI=1S/C32H37ClN8O3/c1-21-18-22(19-25(33)29(21)34)20-27(30(42)39-16-14-38(15-17-39)23-6-10-35-11-7-23)37-31(43)40-12-8-24(9-13-40)41-28-5-3-2-4-26(28)36-32(41)44/h2-7,10-11,18-19,24,27H,8-9,12-17,20,34H2,1H3,(H,36,44)(H,37,43)/t27-/m1/s1. The second-order valence-corrected chi connectivity index (χ2v) is 12.0. The number of urea groups is 1. The molecule has 1 atom stereocenters. The summed E-state index contributed by atoms with van der Waals surface area (Å²) >= 11 is 6.38. The molecule has 4 N–H and O–H groups in total. The lowest BCUT2D eigenvalue weighted by molar-refractivity contribution is -0.133. The van der Waals surface area contributed by atoms with Crippen LogP contribution >= 0.6 is 11.6 Å². The van der Waals surface area contributed by atoms with E-state index in [1.807, 2.05) is 54.3 Å². The zero-order valence-electron chi connectivity index (χ0n) is 24.7. The van der Waals surface area contributed by atoms with Crippen molar-refractivity contribution in [3.63, 3.8) is 0 Å². The van der Waals surface area contributed by atoms with E-state index in [1.165, 1.54) is 0 Å². The Bertz CT molecular complexity index is 1680. The summed E-state index contributed by atoms with van der Waals surface area (Å²) in [5.41, 5.74) is 10.8. The highest BCUT2D eigenvalue weighted by atomic mass is 35.5. The van der Waals surface area contributed by atoms with Gasteiger partial charge >= 0.3 is 11.7 Å². The molecule has 0 bridgehead atoms. The molecule has 2 aliphatic rings. The van der Waals surface area contributed by atoms with Crippen molar-refractivity contribution in [3.8, 4) is 0 Å². The van der Waals surface area contributed by atoms with Gasteiger partial charge in [-0.15, -0.1) is 0 Å². The number of fused-ring (bicyclic) bond motifs is 1. The molecule has 4 heterocycles. The molecule has 0 saturated carbocycles. The number of nitrogens with one attached hydrogen (secondary N) is 2. The first-order valence-corrected chi connectivity index (χ1v) is 15.4. The van der Waals surface area contributed by atoms with Gasteiger partial charge in [-0.1, -0.05) is 29.8 Å². The fourth-order valence-corrected chi connectivity index (χ4v) is 6.63. The highest BCUT2D eigenvalue weighted by Crippen LogP contribution is 2.27. The monoisotopic (exact) mass is 616 g/mol. The van der Waals surface area contributed by atoms with Crippen molar-refractivity contribution in [1.82, 2.24) is 29.7 Å². The van der Waals surface area contributed by atoms with Crippen LogP contribution in [0.2, 0.25) is 5.02 Å². The largest absolute Gasteiger partial charge is 0.397 e. The Hall–Kier alpha value is -4.51. The molecule has 2 fully saturated rings. The van der Waals surface area contributed by atoms with Crippen molar-refractivity contribution < 1.29 is 9.59 Å². The van der Waals surface area contributed by atoms with E-state index in [0.717, 1.165) is 27.8 Å². The van der Waals surface area contributed by atoms with Gasteiger partial charge in [0.25, 0.3) is 0 Å².